The highest BCUT2D eigenvalue weighted by atomic mass is 32.2. The van der Waals surface area contributed by atoms with Gasteiger partial charge < -0.3 is 0 Å². The maximum absolute atomic E-state index is 13.2. The molecule has 1 aromatic rings. The van der Waals surface area contributed by atoms with Gasteiger partial charge in [0.2, 0.25) is 0 Å². The van der Waals surface area contributed by atoms with Crippen molar-refractivity contribution in [3.05, 3.63) is 40.3 Å². The zero-order chi connectivity index (χ0) is 11.7. The van der Waals surface area contributed by atoms with Crippen LogP contribution in [-0.2, 0) is 4.79 Å². The Kier molecular flexibility index (Phi) is 2.74. The van der Waals surface area contributed by atoms with Crippen LogP contribution in [0.15, 0.2) is 23.1 Å². The fourth-order valence-electron chi connectivity index (χ4n) is 1.19. The van der Waals surface area contributed by atoms with Gasteiger partial charge in [-0.05, 0) is 23.9 Å². The zero-order valence-corrected chi connectivity index (χ0v) is 8.61. The van der Waals surface area contributed by atoms with E-state index in [1.54, 1.807) is 0 Å². The number of benzene rings is 1. The molecule has 0 spiro atoms. The number of hydrogen-bond acceptors (Lipinski definition) is 3. The molecule has 2 rings (SSSR count). The van der Waals surface area contributed by atoms with Gasteiger partial charge in [-0.15, -0.1) is 0 Å². The molecule has 0 saturated carbocycles. The van der Waals surface area contributed by atoms with E-state index in [0.717, 1.165) is 12.1 Å². The summed E-state index contributed by atoms with van der Waals surface area (Å²) in [5, 5.41) is 1.50. The van der Waals surface area contributed by atoms with Gasteiger partial charge >= 0.3 is 0 Å². The summed E-state index contributed by atoms with van der Waals surface area (Å²) in [6.45, 7) is 0. The molecule has 2 amide bonds. The van der Waals surface area contributed by atoms with Gasteiger partial charge in [0.25, 0.3) is 11.1 Å². The van der Waals surface area contributed by atoms with E-state index in [0.29, 0.717) is 11.8 Å². The van der Waals surface area contributed by atoms with Crippen molar-refractivity contribution >= 4 is 29.0 Å². The second-order valence-electron chi connectivity index (χ2n) is 3.00. The van der Waals surface area contributed by atoms with Crippen LogP contribution >= 0.6 is 11.8 Å². The van der Waals surface area contributed by atoms with Gasteiger partial charge in [0.05, 0.1) is 4.91 Å². The lowest BCUT2D eigenvalue weighted by molar-refractivity contribution is -0.115. The third-order valence-electron chi connectivity index (χ3n) is 1.91. The largest absolute Gasteiger partial charge is 0.290 e. The van der Waals surface area contributed by atoms with Gasteiger partial charge in [0.15, 0.2) is 11.6 Å². The predicted octanol–water partition coefficient (Wildman–Crippen LogP) is 2.29. The fraction of sp³-hybridized carbons (Fsp3) is 0. The van der Waals surface area contributed by atoms with Crippen LogP contribution in [0.25, 0.3) is 6.08 Å². The summed E-state index contributed by atoms with van der Waals surface area (Å²) in [4.78, 5) is 22.0. The Hall–Kier alpha value is -1.69. The van der Waals surface area contributed by atoms with E-state index in [1.165, 1.54) is 12.1 Å². The number of thioether (sulfide) groups is 1. The van der Waals surface area contributed by atoms with Crippen molar-refractivity contribution < 1.29 is 18.4 Å². The summed E-state index contributed by atoms with van der Waals surface area (Å²) >= 11 is 0.655. The Morgan fingerprint density at radius 3 is 2.62 bits per heavy atom. The fourth-order valence-corrected chi connectivity index (χ4v) is 1.87. The molecule has 3 nitrogen and oxygen atoms in total. The predicted molar refractivity (Wildman–Crippen MR) is 55.5 cm³/mol. The third kappa shape index (κ3) is 1.96. The first-order valence-electron chi connectivity index (χ1n) is 4.27. The van der Waals surface area contributed by atoms with Gasteiger partial charge in [0.1, 0.15) is 0 Å². The summed E-state index contributed by atoms with van der Waals surface area (Å²) in [6.07, 6.45) is 1.14. The van der Waals surface area contributed by atoms with Gasteiger partial charge in [0, 0.05) is 5.56 Å². The van der Waals surface area contributed by atoms with E-state index >= 15 is 0 Å². The number of halogens is 2. The number of nitrogens with one attached hydrogen (secondary N) is 1. The molecule has 82 valence electrons. The van der Waals surface area contributed by atoms with E-state index in [-0.39, 0.29) is 10.5 Å². The molecule has 1 N–H and O–H groups in total. The molecule has 6 heteroatoms. The first kappa shape index (κ1) is 10.8. The van der Waals surface area contributed by atoms with E-state index < -0.39 is 22.8 Å². The summed E-state index contributed by atoms with van der Waals surface area (Å²) in [7, 11) is 0. The van der Waals surface area contributed by atoms with Crippen molar-refractivity contribution in [1.82, 2.24) is 5.32 Å². The molecule has 1 aliphatic rings. The molecule has 1 aliphatic heterocycles. The summed E-state index contributed by atoms with van der Waals surface area (Å²) in [5.74, 6) is -2.63. The quantitative estimate of drug-likeness (QED) is 0.767. The van der Waals surface area contributed by atoms with E-state index in [9.17, 15) is 18.4 Å². The monoisotopic (exact) mass is 241 g/mol. The van der Waals surface area contributed by atoms with Gasteiger partial charge in [-0.3, -0.25) is 14.9 Å². The maximum atomic E-state index is 13.2. The smallest absolute Gasteiger partial charge is 0.282 e. The topological polar surface area (TPSA) is 46.2 Å². The molecule has 0 bridgehead atoms. The molecule has 0 aliphatic carbocycles. The normalized spacial score (nSPS) is 18.0. The third-order valence-corrected chi connectivity index (χ3v) is 2.72. The number of hydrogen-bond donors (Lipinski definition) is 1. The summed E-state index contributed by atoms with van der Waals surface area (Å²) in [5.41, 5.74) is -0.0626. The van der Waals surface area contributed by atoms with E-state index in [1.807, 2.05) is 5.32 Å². The van der Waals surface area contributed by atoms with Crippen LogP contribution in [0.3, 0.4) is 0 Å². The number of amides is 2. The molecule has 0 atom stereocenters. The number of carbonyl (C=O) groups is 2. The van der Waals surface area contributed by atoms with Crippen LogP contribution in [0.2, 0.25) is 0 Å². The molecule has 1 aromatic carbocycles. The first-order chi connectivity index (χ1) is 7.58. The van der Waals surface area contributed by atoms with Crippen LogP contribution in [0.1, 0.15) is 5.56 Å². The zero-order valence-electron chi connectivity index (χ0n) is 7.79. The standard InChI is InChI=1S/C10H5F2NO2S/c11-6-3-1-2-5(8(6)12)4-7-9(14)13-10(15)16-7/h1-4H,(H,13,14,15)/b7-4-. The van der Waals surface area contributed by atoms with Gasteiger partial charge in [-0.25, -0.2) is 8.78 Å². The Labute approximate surface area is 93.5 Å². The average molecular weight is 241 g/mol. The lowest BCUT2D eigenvalue weighted by Gasteiger charge is -1.98. The summed E-state index contributed by atoms with van der Waals surface area (Å²) in [6, 6.07) is 3.62. The number of rotatable bonds is 1. The lowest BCUT2D eigenvalue weighted by atomic mass is 10.2. The molecule has 0 unspecified atom stereocenters. The van der Waals surface area contributed by atoms with Crippen molar-refractivity contribution in [2.75, 3.05) is 0 Å². The Bertz CT molecular complexity index is 514. The minimum atomic E-state index is -1.04. The van der Waals surface area contributed by atoms with Crippen molar-refractivity contribution in [3.8, 4) is 0 Å². The average Bonchev–Trinajstić information content (AvgIpc) is 2.53. The summed E-state index contributed by atoms with van der Waals surface area (Å²) < 4.78 is 26.1. The maximum Gasteiger partial charge on any atom is 0.290 e. The second kappa shape index (κ2) is 4.05. The van der Waals surface area contributed by atoms with E-state index in [4.69, 9.17) is 0 Å². The highest BCUT2D eigenvalue weighted by Crippen LogP contribution is 2.26. The van der Waals surface area contributed by atoms with Crippen molar-refractivity contribution in [1.29, 1.82) is 0 Å². The molecule has 16 heavy (non-hydrogen) atoms. The molecule has 0 radical (unpaired) electrons. The lowest BCUT2D eigenvalue weighted by Crippen LogP contribution is -2.17. The molecular formula is C10H5F2NO2S. The van der Waals surface area contributed by atoms with Crippen molar-refractivity contribution in [2.24, 2.45) is 0 Å². The number of carbonyl (C=O) groups excluding carboxylic acids is 2. The Balaban J connectivity index is 2.40. The molecule has 1 heterocycles. The first-order valence-corrected chi connectivity index (χ1v) is 5.08. The Morgan fingerprint density at radius 2 is 2.00 bits per heavy atom. The molecule has 0 aromatic heterocycles. The highest BCUT2D eigenvalue weighted by Gasteiger charge is 2.25. The molecule has 1 saturated heterocycles. The number of imide groups is 1. The second-order valence-corrected chi connectivity index (χ2v) is 4.01. The van der Waals surface area contributed by atoms with Gasteiger partial charge in [-0.1, -0.05) is 12.1 Å². The van der Waals surface area contributed by atoms with Crippen LogP contribution in [-0.4, -0.2) is 11.1 Å². The van der Waals surface area contributed by atoms with Crippen molar-refractivity contribution in [2.45, 2.75) is 0 Å². The van der Waals surface area contributed by atoms with Crippen LogP contribution < -0.4 is 5.32 Å². The van der Waals surface area contributed by atoms with Gasteiger partial charge in [-0.2, -0.15) is 0 Å². The Morgan fingerprint density at radius 1 is 1.25 bits per heavy atom. The highest BCUT2D eigenvalue weighted by molar-refractivity contribution is 8.18. The van der Waals surface area contributed by atoms with Crippen molar-refractivity contribution in [3.63, 3.8) is 0 Å². The molecule has 1 fully saturated rings. The SMILES string of the molecule is O=C1NC(=O)/C(=C/c2cccc(F)c2F)S1. The minimum Gasteiger partial charge on any atom is -0.282 e. The molecular weight excluding hydrogens is 236 g/mol. The minimum absolute atomic E-state index is 0.0505. The van der Waals surface area contributed by atoms with Crippen LogP contribution in [0.4, 0.5) is 13.6 Å². The van der Waals surface area contributed by atoms with E-state index in [2.05, 4.69) is 0 Å². The van der Waals surface area contributed by atoms with Crippen LogP contribution in [0.5, 0.6) is 0 Å². The van der Waals surface area contributed by atoms with Crippen LogP contribution in [0, 0.1) is 11.6 Å².